The van der Waals surface area contributed by atoms with Crippen LogP contribution in [-0.4, -0.2) is 36.7 Å². The van der Waals surface area contributed by atoms with Gasteiger partial charge in [0.15, 0.2) is 12.4 Å². The first-order valence-electron chi connectivity index (χ1n) is 6.51. The highest BCUT2D eigenvalue weighted by molar-refractivity contribution is 6.30. The first-order chi connectivity index (χ1) is 10.1. The second-order valence-electron chi connectivity index (χ2n) is 4.60. The molecule has 1 fully saturated rings. The van der Waals surface area contributed by atoms with Gasteiger partial charge in [-0.1, -0.05) is 11.6 Å². The van der Waals surface area contributed by atoms with Gasteiger partial charge in [0.1, 0.15) is 0 Å². The third-order valence-electron chi connectivity index (χ3n) is 3.03. The highest BCUT2D eigenvalue weighted by atomic mass is 35.5. The molecule has 1 N–H and O–H groups in total. The van der Waals surface area contributed by atoms with Crippen molar-refractivity contribution < 1.29 is 19.2 Å². The molecule has 0 aromatic heterocycles. The molecule has 0 unspecified atom stereocenters. The fourth-order valence-electron chi connectivity index (χ4n) is 1.98. The number of hydrogen-bond acceptors (Lipinski definition) is 5. The van der Waals surface area contributed by atoms with Crippen molar-refractivity contribution in [3.05, 3.63) is 33.3 Å². The quantitative estimate of drug-likeness (QED) is 0.640. The second-order valence-corrected chi connectivity index (χ2v) is 5.03. The lowest BCUT2D eigenvalue weighted by Gasteiger charge is -2.11. The smallest absolute Gasteiger partial charge is 0.312 e. The van der Waals surface area contributed by atoms with Gasteiger partial charge < -0.3 is 14.8 Å². The number of rotatable bonds is 6. The van der Waals surface area contributed by atoms with Crippen molar-refractivity contribution >= 4 is 23.2 Å². The lowest BCUT2D eigenvalue weighted by molar-refractivity contribution is -0.385. The third-order valence-corrected chi connectivity index (χ3v) is 3.26. The summed E-state index contributed by atoms with van der Waals surface area (Å²) in [4.78, 5) is 21.9. The number of carbonyl (C=O) groups is 1. The van der Waals surface area contributed by atoms with Gasteiger partial charge in [-0.2, -0.15) is 0 Å². The average molecular weight is 315 g/mol. The van der Waals surface area contributed by atoms with Crippen molar-refractivity contribution in [2.45, 2.75) is 18.9 Å². The molecule has 7 nitrogen and oxygen atoms in total. The summed E-state index contributed by atoms with van der Waals surface area (Å²) >= 11 is 5.69. The van der Waals surface area contributed by atoms with Gasteiger partial charge in [-0.15, -0.1) is 0 Å². The maximum Gasteiger partial charge on any atom is 0.312 e. The molecule has 1 saturated heterocycles. The van der Waals surface area contributed by atoms with Gasteiger partial charge in [-0.05, 0) is 25.0 Å². The van der Waals surface area contributed by atoms with Crippen molar-refractivity contribution in [1.82, 2.24) is 5.32 Å². The summed E-state index contributed by atoms with van der Waals surface area (Å²) < 4.78 is 10.5. The van der Waals surface area contributed by atoms with Crippen LogP contribution in [0.5, 0.6) is 5.75 Å². The Labute approximate surface area is 126 Å². The van der Waals surface area contributed by atoms with Crippen LogP contribution in [0.25, 0.3) is 0 Å². The molecule has 1 aliphatic heterocycles. The topological polar surface area (TPSA) is 90.7 Å². The summed E-state index contributed by atoms with van der Waals surface area (Å²) in [5.41, 5.74) is -0.269. The van der Waals surface area contributed by atoms with E-state index in [1.165, 1.54) is 18.2 Å². The normalized spacial score (nSPS) is 17.5. The van der Waals surface area contributed by atoms with E-state index in [4.69, 9.17) is 21.1 Å². The number of carbonyl (C=O) groups excluding carboxylic acids is 1. The molecule has 1 amide bonds. The van der Waals surface area contributed by atoms with Crippen LogP contribution in [0, 0.1) is 10.1 Å². The molecule has 1 aromatic rings. The third kappa shape index (κ3) is 4.57. The molecule has 1 aliphatic rings. The van der Waals surface area contributed by atoms with Gasteiger partial charge in [0.25, 0.3) is 5.91 Å². The van der Waals surface area contributed by atoms with E-state index in [1.54, 1.807) is 0 Å². The number of nitrogens with zero attached hydrogens (tertiary/aromatic N) is 1. The molecule has 21 heavy (non-hydrogen) atoms. The average Bonchev–Trinajstić information content (AvgIpc) is 2.97. The fourth-order valence-corrected chi connectivity index (χ4v) is 2.15. The van der Waals surface area contributed by atoms with Crippen LogP contribution in [0.3, 0.4) is 0 Å². The molecule has 1 heterocycles. The van der Waals surface area contributed by atoms with E-state index in [9.17, 15) is 14.9 Å². The van der Waals surface area contributed by atoms with E-state index in [1.807, 2.05) is 0 Å². The standard InChI is InChI=1S/C13H15ClN2O5/c14-9-3-4-12(11(6-9)16(18)19)21-8-13(17)15-7-10-2-1-5-20-10/h3-4,6,10H,1-2,5,7-8H2,(H,15,17)/t10-/m1/s1. The van der Waals surface area contributed by atoms with Crippen molar-refractivity contribution in [2.24, 2.45) is 0 Å². The van der Waals surface area contributed by atoms with Crippen LogP contribution in [0.15, 0.2) is 18.2 Å². The molecule has 0 aliphatic carbocycles. The highest BCUT2D eigenvalue weighted by Crippen LogP contribution is 2.29. The van der Waals surface area contributed by atoms with E-state index in [0.29, 0.717) is 13.2 Å². The largest absolute Gasteiger partial charge is 0.477 e. The summed E-state index contributed by atoms with van der Waals surface area (Å²) in [5, 5.41) is 13.8. The van der Waals surface area contributed by atoms with E-state index in [0.717, 1.165) is 12.8 Å². The zero-order valence-electron chi connectivity index (χ0n) is 11.2. The molecule has 0 bridgehead atoms. The molecule has 0 spiro atoms. The molecule has 8 heteroatoms. The highest BCUT2D eigenvalue weighted by Gasteiger charge is 2.18. The monoisotopic (exact) mass is 314 g/mol. The fraction of sp³-hybridized carbons (Fsp3) is 0.462. The summed E-state index contributed by atoms with van der Waals surface area (Å²) in [6.45, 7) is 0.841. The van der Waals surface area contributed by atoms with Crippen molar-refractivity contribution in [1.29, 1.82) is 0 Å². The Balaban J connectivity index is 1.84. The Morgan fingerprint density at radius 3 is 3.05 bits per heavy atom. The maximum atomic E-state index is 11.6. The van der Waals surface area contributed by atoms with Gasteiger partial charge in [0.05, 0.1) is 11.0 Å². The van der Waals surface area contributed by atoms with Crippen molar-refractivity contribution in [3.63, 3.8) is 0 Å². The van der Waals surface area contributed by atoms with Crippen LogP contribution in [0.2, 0.25) is 5.02 Å². The van der Waals surface area contributed by atoms with E-state index in [2.05, 4.69) is 5.32 Å². The number of nitrogens with one attached hydrogen (secondary N) is 1. The Morgan fingerprint density at radius 2 is 2.38 bits per heavy atom. The molecule has 0 radical (unpaired) electrons. The van der Waals surface area contributed by atoms with Crippen molar-refractivity contribution in [2.75, 3.05) is 19.8 Å². The number of nitro benzene ring substituents is 1. The lowest BCUT2D eigenvalue weighted by atomic mass is 10.2. The van der Waals surface area contributed by atoms with Gasteiger partial charge in [0, 0.05) is 24.2 Å². The molecular formula is C13H15ClN2O5. The SMILES string of the molecule is O=C(COc1ccc(Cl)cc1[N+](=O)[O-])NC[C@H]1CCCO1. The predicted octanol–water partition coefficient (Wildman–Crippen LogP) is 1.92. The molecule has 1 atom stereocenters. The second kappa shape index (κ2) is 7.24. The van der Waals surface area contributed by atoms with Crippen LogP contribution in [0.1, 0.15) is 12.8 Å². The Kier molecular flexibility index (Phi) is 5.35. The van der Waals surface area contributed by atoms with Crippen LogP contribution in [-0.2, 0) is 9.53 Å². The van der Waals surface area contributed by atoms with E-state index < -0.39 is 4.92 Å². The van der Waals surface area contributed by atoms with Gasteiger partial charge in [-0.25, -0.2) is 0 Å². The molecule has 1 aromatic carbocycles. The van der Waals surface area contributed by atoms with Crippen LogP contribution < -0.4 is 10.1 Å². The summed E-state index contributed by atoms with van der Waals surface area (Å²) in [5.74, 6) is -0.341. The number of halogens is 1. The number of nitro groups is 1. The summed E-state index contributed by atoms with van der Waals surface area (Å²) in [6, 6.07) is 4.02. The van der Waals surface area contributed by atoms with Crippen molar-refractivity contribution in [3.8, 4) is 5.75 Å². The minimum Gasteiger partial charge on any atom is -0.477 e. The first-order valence-corrected chi connectivity index (χ1v) is 6.89. The van der Waals surface area contributed by atoms with Gasteiger partial charge in [0.2, 0.25) is 0 Å². The zero-order valence-corrected chi connectivity index (χ0v) is 12.0. The molecule has 114 valence electrons. The predicted molar refractivity (Wildman–Crippen MR) is 75.6 cm³/mol. The van der Waals surface area contributed by atoms with Crippen LogP contribution in [0.4, 0.5) is 5.69 Å². The minimum atomic E-state index is -0.606. The molecule has 0 saturated carbocycles. The Morgan fingerprint density at radius 1 is 1.57 bits per heavy atom. The minimum absolute atomic E-state index is 0.0108. The lowest BCUT2D eigenvalue weighted by Crippen LogP contribution is -2.35. The number of hydrogen-bond donors (Lipinski definition) is 1. The molecular weight excluding hydrogens is 300 g/mol. The first kappa shape index (κ1) is 15.5. The summed E-state index contributed by atoms with van der Waals surface area (Å²) in [6.07, 6.45) is 1.96. The summed E-state index contributed by atoms with van der Waals surface area (Å²) in [7, 11) is 0. The van der Waals surface area contributed by atoms with E-state index in [-0.39, 0.29) is 35.1 Å². The van der Waals surface area contributed by atoms with E-state index >= 15 is 0 Å². The number of ether oxygens (including phenoxy) is 2. The number of amides is 1. The maximum absolute atomic E-state index is 11.6. The van der Waals surface area contributed by atoms with Crippen LogP contribution >= 0.6 is 11.6 Å². The van der Waals surface area contributed by atoms with Gasteiger partial charge in [-0.3, -0.25) is 14.9 Å². The zero-order chi connectivity index (χ0) is 15.2. The Hall–Kier alpha value is -1.86. The number of benzene rings is 1. The Bertz CT molecular complexity index is 531. The van der Waals surface area contributed by atoms with Gasteiger partial charge >= 0.3 is 5.69 Å². The molecule has 2 rings (SSSR count).